The first kappa shape index (κ1) is 46.1. The second kappa shape index (κ2) is 19.0. The first-order valence-corrected chi connectivity index (χ1v) is 19.1. The van der Waals surface area contributed by atoms with E-state index in [0.29, 0.717) is 0 Å². The van der Waals surface area contributed by atoms with Crippen molar-refractivity contribution in [1.29, 1.82) is 0 Å². The van der Waals surface area contributed by atoms with Crippen molar-refractivity contribution in [2.75, 3.05) is 19.8 Å². The number of ether oxygens (including phenoxy) is 5. The monoisotopic (exact) mass is 818 g/mol. The summed E-state index contributed by atoms with van der Waals surface area (Å²) in [7, 11) is 0. The summed E-state index contributed by atoms with van der Waals surface area (Å²) >= 11 is 0. The van der Waals surface area contributed by atoms with Crippen molar-refractivity contribution >= 4 is 47.4 Å². The minimum atomic E-state index is -1.26. The standard InChI is InChI=1S/C44H50O15/c1-9-35(47)55-21-27(45)17-31(37(49)25-11-13-29-32(15-25)41(53)58-39(29)51)23(3)19-43(5,6)57-20-24(4)44(7,8)34(18-28(46)22-56-36(48)10-2)38(50)26-12-14-30-33(16-26)42(54)59-40(30)52/h9-16,23-24,27-28,31,34,45-46H,1-2,17-22H2,3-8H3. The molecular weight excluding hydrogens is 768 g/mol. The summed E-state index contributed by atoms with van der Waals surface area (Å²) < 4.78 is 25.9. The molecule has 6 atom stereocenters. The summed E-state index contributed by atoms with van der Waals surface area (Å²) in [6.07, 6.45) is -0.636. The van der Waals surface area contributed by atoms with E-state index in [9.17, 15) is 48.6 Å². The molecule has 2 aromatic rings. The molecule has 0 saturated heterocycles. The summed E-state index contributed by atoms with van der Waals surface area (Å²) in [5.41, 5.74) is -1.66. The van der Waals surface area contributed by atoms with Crippen LogP contribution in [0.4, 0.5) is 0 Å². The van der Waals surface area contributed by atoms with Crippen molar-refractivity contribution in [3.63, 3.8) is 0 Å². The highest BCUT2D eigenvalue weighted by Crippen LogP contribution is 2.42. The second-order valence-electron chi connectivity index (χ2n) is 16.2. The number of Topliss-reactive ketones (excluding diaryl/α,β-unsaturated/α-hetero) is 2. The van der Waals surface area contributed by atoms with E-state index in [1.165, 1.54) is 36.4 Å². The molecule has 0 bridgehead atoms. The minimum Gasteiger partial charge on any atom is -0.460 e. The Kier molecular flexibility index (Phi) is 14.8. The topological polar surface area (TPSA) is 223 Å². The Morgan fingerprint density at radius 3 is 1.59 bits per heavy atom. The number of rotatable bonds is 22. The van der Waals surface area contributed by atoms with Gasteiger partial charge in [-0.1, -0.05) is 53.0 Å². The van der Waals surface area contributed by atoms with Crippen LogP contribution in [0, 0.1) is 29.1 Å². The molecule has 0 radical (unpaired) electrons. The minimum absolute atomic E-state index is 0.0278. The Hall–Kier alpha value is -5.64. The lowest BCUT2D eigenvalue weighted by molar-refractivity contribution is -0.141. The van der Waals surface area contributed by atoms with Crippen LogP contribution in [-0.2, 0) is 33.3 Å². The van der Waals surface area contributed by atoms with Crippen LogP contribution in [0.3, 0.4) is 0 Å². The molecule has 2 aliphatic heterocycles. The Morgan fingerprint density at radius 2 is 1.12 bits per heavy atom. The molecule has 0 fully saturated rings. The Morgan fingerprint density at radius 1 is 0.678 bits per heavy atom. The molecule has 0 amide bonds. The molecule has 4 rings (SSSR count). The van der Waals surface area contributed by atoms with Crippen LogP contribution in [0.1, 0.15) is 123 Å². The molecule has 15 nitrogen and oxygen atoms in total. The lowest BCUT2D eigenvalue weighted by atomic mass is 9.65. The van der Waals surface area contributed by atoms with Gasteiger partial charge in [-0.2, -0.15) is 0 Å². The molecule has 2 heterocycles. The molecule has 0 aliphatic carbocycles. The third-order valence-corrected chi connectivity index (χ3v) is 11.1. The molecular formula is C44H50O15. The van der Waals surface area contributed by atoms with Crippen molar-refractivity contribution in [2.45, 2.75) is 78.6 Å². The molecule has 0 saturated carbocycles. The van der Waals surface area contributed by atoms with Gasteiger partial charge in [0.25, 0.3) is 0 Å². The fourth-order valence-corrected chi connectivity index (χ4v) is 7.30. The summed E-state index contributed by atoms with van der Waals surface area (Å²) in [5, 5.41) is 21.8. The molecule has 2 N–H and O–H groups in total. The summed E-state index contributed by atoms with van der Waals surface area (Å²) in [6.45, 7) is 16.9. The van der Waals surface area contributed by atoms with Crippen molar-refractivity contribution in [3.05, 3.63) is 95.1 Å². The van der Waals surface area contributed by atoms with E-state index in [2.05, 4.69) is 22.6 Å². The zero-order valence-electron chi connectivity index (χ0n) is 33.9. The predicted octanol–water partition coefficient (Wildman–Crippen LogP) is 5.05. The van der Waals surface area contributed by atoms with Gasteiger partial charge < -0.3 is 33.9 Å². The van der Waals surface area contributed by atoms with Gasteiger partial charge >= 0.3 is 35.8 Å². The normalized spacial score (nSPS) is 16.7. The van der Waals surface area contributed by atoms with E-state index in [4.69, 9.17) is 14.2 Å². The SMILES string of the molecule is C=CC(=O)OCC(O)CC(C(=O)c1ccc2c(c1)C(=O)OC2=O)C(C)CC(C)(C)OCC(C)C(C)(C)C(CC(O)COC(=O)C=C)C(=O)c1ccc2c(c1)C(=O)OC2=O. The van der Waals surface area contributed by atoms with Gasteiger partial charge in [-0.05, 0) is 74.6 Å². The quantitative estimate of drug-likeness (QED) is 0.0522. The van der Waals surface area contributed by atoms with Crippen molar-refractivity contribution in [3.8, 4) is 0 Å². The van der Waals surface area contributed by atoms with E-state index in [1.54, 1.807) is 6.92 Å². The third kappa shape index (κ3) is 11.1. The zero-order valence-corrected chi connectivity index (χ0v) is 33.9. The highest BCUT2D eigenvalue weighted by atomic mass is 16.6. The first-order valence-electron chi connectivity index (χ1n) is 19.1. The van der Waals surface area contributed by atoms with E-state index in [1.807, 2.05) is 34.6 Å². The number of fused-ring (bicyclic) bond motifs is 2. The Balaban J connectivity index is 1.54. The molecule has 0 aromatic heterocycles. The fraction of sp³-hybridized carbons (Fsp3) is 0.455. The van der Waals surface area contributed by atoms with Gasteiger partial charge in [0.05, 0.1) is 46.7 Å². The zero-order chi connectivity index (χ0) is 44.0. The Labute approximate surface area is 341 Å². The summed E-state index contributed by atoms with van der Waals surface area (Å²) in [4.78, 5) is 100. The van der Waals surface area contributed by atoms with Crippen LogP contribution < -0.4 is 0 Å². The molecule has 6 unspecified atom stereocenters. The van der Waals surface area contributed by atoms with E-state index < -0.39 is 102 Å². The van der Waals surface area contributed by atoms with Crippen LogP contribution in [0.5, 0.6) is 0 Å². The highest BCUT2D eigenvalue weighted by molar-refractivity contribution is 6.16. The van der Waals surface area contributed by atoms with Crippen LogP contribution in [0.15, 0.2) is 61.7 Å². The van der Waals surface area contributed by atoms with Crippen LogP contribution in [0.25, 0.3) is 0 Å². The number of esters is 6. The second-order valence-corrected chi connectivity index (χ2v) is 16.2. The van der Waals surface area contributed by atoms with Crippen molar-refractivity contribution < 1.29 is 72.3 Å². The van der Waals surface area contributed by atoms with Crippen LogP contribution in [0.2, 0.25) is 0 Å². The molecule has 316 valence electrons. The number of aliphatic hydroxyl groups is 2. The summed E-state index contributed by atoms with van der Waals surface area (Å²) in [5.74, 6) is -8.46. The lowest BCUT2D eigenvalue weighted by Gasteiger charge is -2.41. The van der Waals surface area contributed by atoms with Crippen LogP contribution in [-0.4, -0.2) is 95.2 Å². The fourth-order valence-electron chi connectivity index (χ4n) is 7.30. The van der Waals surface area contributed by atoms with E-state index in [0.717, 1.165) is 12.2 Å². The van der Waals surface area contributed by atoms with E-state index >= 15 is 0 Å². The number of benzene rings is 2. The van der Waals surface area contributed by atoms with Gasteiger partial charge in [0.1, 0.15) is 13.2 Å². The maximum absolute atomic E-state index is 14.3. The van der Waals surface area contributed by atoms with Gasteiger partial charge in [0.15, 0.2) is 11.6 Å². The van der Waals surface area contributed by atoms with Crippen LogP contribution >= 0.6 is 0 Å². The van der Waals surface area contributed by atoms with Gasteiger partial charge in [0.2, 0.25) is 0 Å². The van der Waals surface area contributed by atoms with E-state index in [-0.39, 0.29) is 65.2 Å². The number of hydrogen-bond donors (Lipinski definition) is 2. The molecule has 0 spiro atoms. The Bertz CT molecular complexity index is 2040. The van der Waals surface area contributed by atoms with Crippen molar-refractivity contribution in [2.24, 2.45) is 29.1 Å². The average molecular weight is 819 g/mol. The maximum Gasteiger partial charge on any atom is 0.346 e. The largest absolute Gasteiger partial charge is 0.460 e. The molecule has 2 aromatic carbocycles. The number of ketones is 2. The third-order valence-electron chi connectivity index (χ3n) is 11.1. The maximum atomic E-state index is 14.3. The smallest absolute Gasteiger partial charge is 0.346 e. The number of aliphatic hydroxyl groups excluding tert-OH is 2. The van der Waals surface area contributed by atoms with Gasteiger partial charge in [-0.25, -0.2) is 28.8 Å². The number of carbonyl (C=O) groups excluding carboxylic acids is 8. The molecule has 2 aliphatic rings. The predicted molar refractivity (Wildman–Crippen MR) is 208 cm³/mol. The van der Waals surface area contributed by atoms with Gasteiger partial charge in [0, 0.05) is 35.1 Å². The lowest BCUT2D eigenvalue weighted by Crippen LogP contribution is -2.42. The number of carbonyl (C=O) groups is 8. The number of hydrogen-bond acceptors (Lipinski definition) is 15. The highest BCUT2D eigenvalue weighted by Gasteiger charge is 2.43. The van der Waals surface area contributed by atoms with Crippen molar-refractivity contribution in [1.82, 2.24) is 0 Å². The average Bonchev–Trinajstić information content (AvgIpc) is 3.65. The van der Waals surface area contributed by atoms with Gasteiger partial charge in [-0.15, -0.1) is 0 Å². The summed E-state index contributed by atoms with van der Waals surface area (Å²) in [6, 6.07) is 8.05. The molecule has 15 heteroatoms. The number of cyclic esters (lactones) is 4. The first-order chi connectivity index (χ1) is 27.6. The molecule has 59 heavy (non-hydrogen) atoms. The van der Waals surface area contributed by atoms with Gasteiger partial charge in [-0.3, -0.25) is 9.59 Å².